The summed E-state index contributed by atoms with van der Waals surface area (Å²) in [5.41, 5.74) is 5.14. The Labute approximate surface area is 110 Å². The molecule has 0 amide bonds. The maximum Gasteiger partial charge on any atom is 0.154 e. The van der Waals surface area contributed by atoms with Crippen LogP contribution in [-0.2, 0) is 14.6 Å². The first kappa shape index (κ1) is 14.3. The largest absolute Gasteiger partial charge is 0.371 e. The highest BCUT2D eigenvalue weighted by atomic mass is 32.2. The van der Waals surface area contributed by atoms with Crippen molar-refractivity contribution in [1.29, 1.82) is 0 Å². The molecular formula is C13H25NO3S. The Kier molecular flexibility index (Phi) is 3.78. The second-order valence-corrected chi connectivity index (χ2v) is 8.82. The number of hydrogen-bond donors (Lipinski definition) is 1. The van der Waals surface area contributed by atoms with Crippen LogP contribution in [0.1, 0.15) is 52.4 Å². The highest BCUT2D eigenvalue weighted by molar-refractivity contribution is 7.91. The number of sulfone groups is 1. The third-order valence-corrected chi connectivity index (χ3v) is 5.95. The van der Waals surface area contributed by atoms with Crippen molar-refractivity contribution in [3.05, 3.63) is 0 Å². The Bertz CT molecular complexity index is 391. The zero-order valence-electron chi connectivity index (χ0n) is 11.4. The van der Waals surface area contributed by atoms with Gasteiger partial charge in [0.25, 0.3) is 0 Å². The van der Waals surface area contributed by atoms with Gasteiger partial charge in [-0.2, -0.15) is 0 Å². The highest BCUT2D eigenvalue weighted by Crippen LogP contribution is 2.43. The Balaban J connectivity index is 1.91. The van der Waals surface area contributed by atoms with Crippen LogP contribution in [0.3, 0.4) is 0 Å². The summed E-state index contributed by atoms with van der Waals surface area (Å²) in [6.45, 7) is 3.50. The lowest BCUT2D eigenvalue weighted by Gasteiger charge is -2.24. The van der Waals surface area contributed by atoms with E-state index in [0.29, 0.717) is 0 Å². The molecule has 2 fully saturated rings. The van der Waals surface area contributed by atoms with Crippen molar-refractivity contribution in [3.63, 3.8) is 0 Å². The van der Waals surface area contributed by atoms with Crippen LogP contribution < -0.4 is 5.73 Å². The summed E-state index contributed by atoms with van der Waals surface area (Å²) in [7, 11) is -3.12. The van der Waals surface area contributed by atoms with Gasteiger partial charge in [0.15, 0.2) is 9.84 Å². The molecule has 1 saturated carbocycles. The summed E-state index contributed by atoms with van der Waals surface area (Å²) in [5, 5.41) is 0. The van der Waals surface area contributed by atoms with Crippen molar-refractivity contribution in [3.8, 4) is 0 Å². The van der Waals surface area contributed by atoms with Crippen molar-refractivity contribution >= 4 is 9.84 Å². The maximum atomic E-state index is 12.0. The van der Waals surface area contributed by atoms with Crippen LogP contribution in [0.15, 0.2) is 0 Å². The quantitative estimate of drug-likeness (QED) is 0.846. The Morgan fingerprint density at radius 2 is 1.89 bits per heavy atom. The lowest BCUT2D eigenvalue weighted by molar-refractivity contribution is -0.0273. The molecule has 1 aliphatic carbocycles. The van der Waals surface area contributed by atoms with Crippen molar-refractivity contribution in [2.45, 2.75) is 69.6 Å². The fourth-order valence-corrected chi connectivity index (χ4v) is 5.36. The third kappa shape index (κ3) is 3.68. The zero-order valence-corrected chi connectivity index (χ0v) is 12.3. The Morgan fingerprint density at radius 3 is 2.44 bits per heavy atom. The summed E-state index contributed by atoms with van der Waals surface area (Å²) in [6, 6.07) is 0. The first-order valence-corrected chi connectivity index (χ1v) is 8.69. The molecule has 5 heteroatoms. The molecular weight excluding hydrogens is 250 g/mol. The molecule has 4 nitrogen and oxygen atoms in total. The number of ether oxygens (including phenoxy) is 1. The van der Waals surface area contributed by atoms with Crippen LogP contribution in [0.25, 0.3) is 0 Å². The summed E-state index contributed by atoms with van der Waals surface area (Å²) in [5.74, 6) is 0.169. The zero-order chi connectivity index (χ0) is 13.4. The average molecular weight is 275 g/mol. The van der Waals surface area contributed by atoms with Crippen LogP contribution in [0, 0.1) is 0 Å². The van der Waals surface area contributed by atoms with Crippen molar-refractivity contribution in [2.24, 2.45) is 5.73 Å². The normalized spacial score (nSPS) is 28.1. The van der Waals surface area contributed by atoms with Crippen LogP contribution >= 0.6 is 0 Å². The van der Waals surface area contributed by atoms with Crippen molar-refractivity contribution < 1.29 is 13.2 Å². The van der Waals surface area contributed by atoms with Gasteiger partial charge in [-0.15, -0.1) is 0 Å². The molecule has 1 atom stereocenters. The molecule has 0 aromatic heterocycles. The Morgan fingerprint density at radius 1 is 1.28 bits per heavy atom. The van der Waals surface area contributed by atoms with Gasteiger partial charge in [-0.3, -0.25) is 0 Å². The lowest BCUT2D eigenvalue weighted by Crippen LogP contribution is -2.42. The van der Waals surface area contributed by atoms with E-state index in [-0.39, 0.29) is 23.2 Å². The molecule has 0 aromatic rings. The standard InChI is InChI=1S/C13H25NO3S/c1-12(2,14)10-18(15,16)9-11-5-8-13(17-11)6-3-4-7-13/h11H,3-10,14H2,1-2H3. The molecule has 1 unspecified atom stereocenters. The van der Waals surface area contributed by atoms with E-state index in [4.69, 9.17) is 10.5 Å². The topological polar surface area (TPSA) is 69.4 Å². The van der Waals surface area contributed by atoms with Gasteiger partial charge in [0.2, 0.25) is 0 Å². The van der Waals surface area contributed by atoms with Crippen molar-refractivity contribution in [2.75, 3.05) is 11.5 Å². The molecule has 2 N–H and O–H groups in total. The molecule has 2 rings (SSSR count). The predicted octanol–water partition coefficient (Wildman–Crippen LogP) is 1.63. The number of rotatable bonds is 4. The van der Waals surface area contributed by atoms with Gasteiger partial charge in [0, 0.05) is 5.54 Å². The summed E-state index contributed by atoms with van der Waals surface area (Å²) < 4.78 is 30.1. The molecule has 1 aliphatic heterocycles. The highest BCUT2D eigenvalue weighted by Gasteiger charge is 2.43. The van der Waals surface area contributed by atoms with E-state index < -0.39 is 15.4 Å². The van der Waals surface area contributed by atoms with Crippen LogP contribution in [0.2, 0.25) is 0 Å². The van der Waals surface area contributed by atoms with E-state index in [1.807, 2.05) is 0 Å². The maximum absolute atomic E-state index is 12.0. The number of nitrogens with two attached hydrogens (primary N) is 1. The molecule has 1 saturated heterocycles. The molecule has 0 aromatic carbocycles. The second-order valence-electron chi connectivity index (χ2n) is 6.71. The molecule has 18 heavy (non-hydrogen) atoms. The SMILES string of the molecule is CC(C)(N)CS(=O)(=O)CC1CCC2(CCCC2)O1. The molecule has 0 bridgehead atoms. The predicted molar refractivity (Wildman–Crippen MR) is 72.2 cm³/mol. The van der Waals surface area contributed by atoms with Gasteiger partial charge in [0.1, 0.15) is 0 Å². The fraction of sp³-hybridized carbons (Fsp3) is 1.00. The van der Waals surface area contributed by atoms with E-state index in [9.17, 15) is 8.42 Å². The molecule has 1 spiro atoms. The first-order valence-electron chi connectivity index (χ1n) is 6.87. The second kappa shape index (κ2) is 4.76. The minimum absolute atomic E-state index is 0.0123. The van der Waals surface area contributed by atoms with Gasteiger partial charge >= 0.3 is 0 Å². The van der Waals surface area contributed by atoms with E-state index in [1.54, 1.807) is 13.8 Å². The third-order valence-electron chi connectivity index (χ3n) is 3.89. The van der Waals surface area contributed by atoms with E-state index in [0.717, 1.165) is 25.7 Å². The molecule has 0 radical (unpaired) electrons. The van der Waals surface area contributed by atoms with Crippen molar-refractivity contribution in [1.82, 2.24) is 0 Å². The van der Waals surface area contributed by atoms with Gasteiger partial charge < -0.3 is 10.5 Å². The minimum Gasteiger partial charge on any atom is -0.371 e. The molecule has 1 heterocycles. The van der Waals surface area contributed by atoms with Crippen LogP contribution in [-0.4, -0.2) is 37.2 Å². The smallest absolute Gasteiger partial charge is 0.154 e. The van der Waals surface area contributed by atoms with E-state index >= 15 is 0 Å². The van der Waals surface area contributed by atoms with Gasteiger partial charge in [-0.1, -0.05) is 12.8 Å². The minimum atomic E-state index is -3.12. The summed E-state index contributed by atoms with van der Waals surface area (Å²) in [4.78, 5) is 0. The lowest BCUT2D eigenvalue weighted by atomic mass is 9.98. The van der Waals surface area contributed by atoms with E-state index in [1.165, 1.54) is 12.8 Å². The van der Waals surface area contributed by atoms with E-state index in [2.05, 4.69) is 0 Å². The summed E-state index contributed by atoms with van der Waals surface area (Å²) in [6.07, 6.45) is 6.43. The van der Waals surface area contributed by atoms with Gasteiger partial charge in [0.05, 0.1) is 23.2 Å². The molecule has 106 valence electrons. The Hall–Kier alpha value is -0.130. The fourth-order valence-electron chi connectivity index (χ4n) is 3.31. The number of hydrogen-bond acceptors (Lipinski definition) is 4. The monoisotopic (exact) mass is 275 g/mol. The van der Waals surface area contributed by atoms with Crippen LogP contribution in [0.5, 0.6) is 0 Å². The first-order chi connectivity index (χ1) is 8.20. The van der Waals surface area contributed by atoms with Gasteiger partial charge in [-0.05, 0) is 39.5 Å². The van der Waals surface area contributed by atoms with Gasteiger partial charge in [-0.25, -0.2) is 8.42 Å². The summed E-state index contributed by atoms with van der Waals surface area (Å²) >= 11 is 0. The average Bonchev–Trinajstić information content (AvgIpc) is 2.73. The molecule has 2 aliphatic rings. The van der Waals surface area contributed by atoms with Crippen LogP contribution in [0.4, 0.5) is 0 Å².